The molecule has 2 aliphatic carbocycles. The van der Waals surface area contributed by atoms with E-state index in [1.54, 1.807) is 0 Å². The van der Waals surface area contributed by atoms with E-state index in [9.17, 15) is 4.79 Å². The molecule has 0 aromatic heterocycles. The minimum absolute atomic E-state index is 0.110. The molecule has 16 heavy (non-hydrogen) atoms. The van der Waals surface area contributed by atoms with Crippen LogP contribution >= 0.6 is 0 Å². The molecule has 0 radical (unpaired) electrons. The molecule has 3 atom stereocenters. The van der Waals surface area contributed by atoms with E-state index in [4.69, 9.17) is 0 Å². The Morgan fingerprint density at radius 3 is 2.56 bits per heavy atom. The molecule has 0 spiro atoms. The molecular weight excluding hydrogens is 196 g/mol. The zero-order valence-electron chi connectivity index (χ0n) is 11.3. The standard InChI is InChI=1S/C15H24O/c1-10-8-11(2)15(5)12(9-10)14(3,4)7-6-13(15)16/h8,11-12H,6-7,9H2,1-5H3/t11-,12-,15-/m1/s1. The van der Waals surface area contributed by atoms with Crippen LogP contribution in [0.4, 0.5) is 0 Å². The van der Waals surface area contributed by atoms with Gasteiger partial charge in [0.2, 0.25) is 0 Å². The lowest BCUT2D eigenvalue weighted by atomic mass is 9.49. The third kappa shape index (κ3) is 1.48. The summed E-state index contributed by atoms with van der Waals surface area (Å²) in [6, 6.07) is 0. The van der Waals surface area contributed by atoms with Crippen LogP contribution in [0.25, 0.3) is 0 Å². The average molecular weight is 220 g/mol. The molecule has 90 valence electrons. The summed E-state index contributed by atoms with van der Waals surface area (Å²) in [5, 5.41) is 0. The monoisotopic (exact) mass is 220 g/mol. The van der Waals surface area contributed by atoms with Crippen LogP contribution in [0.15, 0.2) is 11.6 Å². The van der Waals surface area contributed by atoms with E-state index in [2.05, 4.69) is 40.7 Å². The Hall–Kier alpha value is -0.590. The van der Waals surface area contributed by atoms with Crippen LogP contribution in [0.1, 0.15) is 53.9 Å². The van der Waals surface area contributed by atoms with Gasteiger partial charge in [-0.05, 0) is 37.0 Å². The van der Waals surface area contributed by atoms with E-state index in [1.165, 1.54) is 5.57 Å². The lowest BCUT2D eigenvalue weighted by Crippen LogP contribution is -2.52. The van der Waals surface area contributed by atoms with Crippen LogP contribution in [0.3, 0.4) is 0 Å². The van der Waals surface area contributed by atoms with Crippen molar-refractivity contribution >= 4 is 5.78 Å². The third-order valence-electron chi connectivity index (χ3n) is 5.27. The van der Waals surface area contributed by atoms with Gasteiger partial charge in [0.15, 0.2) is 0 Å². The average Bonchev–Trinajstić information content (AvgIpc) is 2.18. The van der Waals surface area contributed by atoms with Crippen molar-refractivity contribution in [2.75, 3.05) is 0 Å². The summed E-state index contributed by atoms with van der Waals surface area (Å²) in [4.78, 5) is 12.3. The van der Waals surface area contributed by atoms with E-state index in [-0.39, 0.29) is 5.41 Å². The van der Waals surface area contributed by atoms with Gasteiger partial charge >= 0.3 is 0 Å². The second-order valence-electron chi connectivity index (χ2n) is 6.75. The van der Waals surface area contributed by atoms with Gasteiger partial charge in [-0.1, -0.05) is 39.3 Å². The van der Waals surface area contributed by atoms with E-state index in [1.807, 2.05) is 0 Å². The number of carbonyl (C=O) groups is 1. The molecule has 0 heterocycles. The fourth-order valence-corrected chi connectivity index (χ4v) is 3.93. The second kappa shape index (κ2) is 3.45. The lowest BCUT2D eigenvalue weighted by molar-refractivity contribution is -0.145. The minimum Gasteiger partial charge on any atom is -0.299 e. The first-order valence-corrected chi connectivity index (χ1v) is 6.49. The van der Waals surface area contributed by atoms with Gasteiger partial charge in [-0.15, -0.1) is 0 Å². The molecular formula is C15H24O. The second-order valence-corrected chi connectivity index (χ2v) is 6.75. The van der Waals surface area contributed by atoms with Crippen LogP contribution in [0, 0.1) is 22.7 Å². The highest BCUT2D eigenvalue weighted by Crippen LogP contribution is 2.57. The third-order valence-corrected chi connectivity index (χ3v) is 5.27. The number of carbonyl (C=O) groups excluding carboxylic acids is 1. The Morgan fingerprint density at radius 2 is 1.94 bits per heavy atom. The van der Waals surface area contributed by atoms with Gasteiger partial charge in [-0.2, -0.15) is 0 Å². The van der Waals surface area contributed by atoms with Crippen LogP contribution < -0.4 is 0 Å². The molecule has 0 aromatic rings. The number of allylic oxidation sites excluding steroid dienone is 2. The van der Waals surface area contributed by atoms with E-state index < -0.39 is 0 Å². The number of Topliss-reactive ketones (excluding diaryl/α,β-unsaturated/α-hetero) is 1. The topological polar surface area (TPSA) is 17.1 Å². The van der Waals surface area contributed by atoms with Gasteiger partial charge in [0.05, 0.1) is 0 Å². The maximum Gasteiger partial charge on any atom is 0.139 e. The van der Waals surface area contributed by atoms with Crippen molar-refractivity contribution in [3.63, 3.8) is 0 Å². The van der Waals surface area contributed by atoms with Crippen molar-refractivity contribution in [1.82, 2.24) is 0 Å². The first kappa shape index (κ1) is 11.9. The molecule has 2 aliphatic rings. The molecule has 0 unspecified atom stereocenters. The van der Waals surface area contributed by atoms with E-state index >= 15 is 0 Å². The Labute approximate surface area is 99.3 Å². The number of ketones is 1. The van der Waals surface area contributed by atoms with Crippen molar-refractivity contribution in [2.24, 2.45) is 22.7 Å². The molecule has 0 amide bonds. The molecule has 1 heteroatoms. The summed E-state index contributed by atoms with van der Waals surface area (Å²) >= 11 is 0. The largest absolute Gasteiger partial charge is 0.299 e. The Kier molecular flexibility index (Phi) is 2.56. The lowest BCUT2D eigenvalue weighted by Gasteiger charge is -2.54. The van der Waals surface area contributed by atoms with Gasteiger partial charge in [0.25, 0.3) is 0 Å². The van der Waals surface area contributed by atoms with E-state index in [0.717, 1.165) is 19.3 Å². The smallest absolute Gasteiger partial charge is 0.139 e. The van der Waals surface area contributed by atoms with Crippen molar-refractivity contribution in [2.45, 2.75) is 53.9 Å². The van der Waals surface area contributed by atoms with Crippen molar-refractivity contribution in [3.8, 4) is 0 Å². The number of hydrogen-bond acceptors (Lipinski definition) is 1. The summed E-state index contributed by atoms with van der Waals surface area (Å²) in [6.45, 7) is 11.3. The van der Waals surface area contributed by atoms with Gasteiger partial charge in [-0.25, -0.2) is 0 Å². The van der Waals surface area contributed by atoms with Crippen LogP contribution in [0.2, 0.25) is 0 Å². The SMILES string of the molecule is CC1=C[C@@H](C)[C@@]2(C)C(=O)CCC(C)(C)[C@H]2C1. The summed E-state index contributed by atoms with van der Waals surface area (Å²) in [5.41, 5.74) is 1.67. The van der Waals surface area contributed by atoms with Gasteiger partial charge < -0.3 is 0 Å². The van der Waals surface area contributed by atoms with Crippen LogP contribution in [0.5, 0.6) is 0 Å². The Morgan fingerprint density at radius 1 is 1.31 bits per heavy atom. The first-order valence-electron chi connectivity index (χ1n) is 6.49. The summed E-state index contributed by atoms with van der Waals surface area (Å²) in [6.07, 6.45) is 5.26. The predicted molar refractivity (Wildman–Crippen MR) is 67.2 cm³/mol. The highest BCUT2D eigenvalue weighted by molar-refractivity contribution is 5.86. The van der Waals surface area contributed by atoms with Crippen LogP contribution in [-0.4, -0.2) is 5.78 Å². The molecule has 1 saturated carbocycles. The number of hydrogen-bond donors (Lipinski definition) is 0. The van der Waals surface area contributed by atoms with Crippen LogP contribution in [-0.2, 0) is 4.79 Å². The number of rotatable bonds is 0. The molecule has 1 nitrogen and oxygen atoms in total. The zero-order chi connectivity index (χ0) is 12.1. The Balaban J connectivity index is 2.48. The van der Waals surface area contributed by atoms with E-state index in [0.29, 0.717) is 23.0 Å². The quantitative estimate of drug-likeness (QED) is 0.564. The maximum absolute atomic E-state index is 12.3. The fraction of sp³-hybridized carbons (Fsp3) is 0.800. The Bertz CT molecular complexity index is 350. The molecule has 2 rings (SSSR count). The van der Waals surface area contributed by atoms with Crippen molar-refractivity contribution < 1.29 is 4.79 Å². The normalized spacial score (nSPS) is 42.6. The fourth-order valence-electron chi connectivity index (χ4n) is 3.93. The molecule has 0 aromatic carbocycles. The summed E-state index contributed by atoms with van der Waals surface area (Å²) in [5.74, 6) is 1.42. The predicted octanol–water partition coefficient (Wildman–Crippen LogP) is 3.98. The molecule has 0 aliphatic heterocycles. The minimum atomic E-state index is -0.110. The molecule has 0 N–H and O–H groups in total. The maximum atomic E-state index is 12.3. The zero-order valence-corrected chi connectivity index (χ0v) is 11.3. The summed E-state index contributed by atoms with van der Waals surface area (Å²) in [7, 11) is 0. The van der Waals surface area contributed by atoms with Crippen molar-refractivity contribution in [1.29, 1.82) is 0 Å². The highest BCUT2D eigenvalue weighted by atomic mass is 16.1. The first-order chi connectivity index (χ1) is 7.28. The van der Waals surface area contributed by atoms with Gasteiger partial charge in [0.1, 0.15) is 5.78 Å². The highest BCUT2D eigenvalue weighted by Gasteiger charge is 2.54. The van der Waals surface area contributed by atoms with Gasteiger partial charge in [0, 0.05) is 11.8 Å². The molecule has 1 fully saturated rings. The molecule has 0 saturated heterocycles. The molecule has 0 bridgehead atoms. The van der Waals surface area contributed by atoms with Crippen molar-refractivity contribution in [3.05, 3.63) is 11.6 Å². The van der Waals surface area contributed by atoms with Gasteiger partial charge in [-0.3, -0.25) is 4.79 Å². The number of fused-ring (bicyclic) bond motifs is 1. The summed E-state index contributed by atoms with van der Waals surface area (Å²) < 4.78 is 0.